The first-order chi connectivity index (χ1) is 13.1. The number of aromatic nitrogens is 1. The molecule has 0 radical (unpaired) electrons. The number of carbonyl (C=O) groups excluding carboxylic acids is 1. The van der Waals surface area contributed by atoms with E-state index in [9.17, 15) is 9.59 Å². The zero-order valence-electron chi connectivity index (χ0n) is 15.7. The van der Waals surface area contributed by atoms with Gasteiger partial charge < -0.3 is 15.2 Å². The largest absolute Gasteiger partial charge is 0.481 e. The highest BCUT2D eigenvalue weighted by Gasteiger charge is 2.10. The van der Waals surface area contributed by atoms with Gasteiger partial charge >= 0.3 is 5.97 Å². The lowest BCUT2D eigenvalue weighted by atomic mass is 10.1. The molecule has 1 aliphatic heterocycles. The van der Waals surface area contributed by atoms with E-state index in [2.05, 4.69) is 15.2 Å². The minimum absolute atomic E-state index is 0.0148. The van der Waals surface area contributed by atoms with E-state index in [0.717, 1.165) is 19.6 Å². The predicted octanol–water partition coefficient (Wildman–Crippen LogP) is 2.37. The Bertz CT molecular complexity index is 627. The van der Waals surface area contributed by atoms with Gasteiger partial charge in [0, 0.05) is 38.2 Å². The van der Waals surface area contributed by atoms with Crippen molar-refractivity contribution in [1.29, 1.82) is 0 Å². The molecule has 1 aromatic heterocycles. The van der Waals surface area contributed by atoms with Crippen molar-refractivity contribution in [1.82, 2.24) is 15.2 Å². The summed E-state index contributed by atoms with van der Waals surface area (Å²) in [5.41, 5.74) is 1.21. The number of ether oxygens (including phenoxy) is 1. The van der Waals surface area contributed by atoms with E-state index in [1.54, 1.807) is 6.20 Å². The number of hydrogen-bond acceptors (Lipinski definition) is 5. The summed E-state index contributed by atoms with van der Waals surface area (Å²) in [4.78, 5) is 28.6. The van der Waals surface area contributed by atoms with Crippen LogP contribution in [-0.2, 0) is 16.1 Å². The second-order valence-electron chi connectivity index (χ2n) is 6.67. The first-order valence-corrected chi connectivity index (χ1v) is 9.57. The third kappa shape index (κ3) is 9.19. The van der Waals surface area contributed by atoms with Gasteiger partial charge in [0.2, 0.25) is 11.8 Å². The first kappa shape index (κ1) is 20.9. The Balaban J connectivity index is 1.61. The molecule has 148 valence electrons. The number of nitrogens with zero attached hydrogens (tertiary/aromatic N) is 2. The summed E-state index contributed by atoms with van der Waals surface area (Å²) >= 11 is 0. The fourth-order valence-electron chi connectivity index (χ4n) is 2.95. The van der Waals surface area contributed by atoms with Crippen molar-refractivity contribution in [3.05, 3.63) is 36.0 Å². The molecule has 7 nitrogen and oxygen atoms in total. The van der Waals surface area contributed by atoms with Crippen molar-refractivity contribution in [2.45, 2.75) is 45.1 Å². The summed E-state index contributed by atoms with van der Waals surface area (Å²) in [6, 6.07) is 4.00. The van der Waals surface area contributed by atoms with Crippen LogP contribution in [0, 0.1) is 0 Å². The van der Waals surface area contributed by atoms with Gasteiger partial charge in [-0.2, -0.15) is 0 Å². The van der Waals surface area contributed by atoms with Crippen molar-refractivity contribution in [2.24, 2.45) is 0 Å². The molecule has 2 rings (SSSR count). The lowest BCUT2D eigenvalue weighted by Gasteiger charge is -2.26. The number of carboxylic acid groups (broad SMARTS) is 1. The van der Waals surface area contributed by atoms with Crippen molar-refractivity contribution in [3.8, 4) is 5.88 Å². The quantitative estimate of drug-likeness (QED) is 0.577. The normalized spacial score (nSPS) is 15.0. The van der Waals surface area contributed by atoms with Crippen LogP contribution in [0.4, 0.5) is 0 Å². The van der Waals surface area contributed by atoms with E-state index in [4.69, 9.17) is 9.84 Å². The molecule has 2 heterocycles. The van der Waals surface area contributed by atoms with E-state index in [1.807, 2.05) is 24.3 Å². The average Bonchev–Trinajstić information content (AvgIpc) is 2.65. The molecule has 7 heteroatoms. The van der Waals surface area contributed by atoms with Crippen LogP contribution in [0.3, 0.4) is 0 Å². The molecule has 1 saturated heterocycles. The molecule has 0 atom stereocenters. The van der Waals surface area contributed by atoms with E-state index in [-0.39, 0.29) is 18.7 Å². The average molecular weight is 375 g/mol. The van der Waals surface area contributed by atoms with E-state index in [0.29, 0.717) is 25.5 Å². The van der Waals surface area contributed by atoms with Gasteiger partial charge in [0.05, 0.1) is 0 Å². The summed E-state index contributed by atoms with van der Waals surface area (Å²) in [6.45, 7) is 4.03. The number of hydrogen-bond donors (Lipinski definition) is 2. The Morgan fingerprint density at radius 3 is 2.81 bits per heavy atom. The predicted molar refractivity (Wildman–Crippen MR) is 102 cm³/mol. The molecular weight excluding hydrogens is 346 g/mol. The van der Waals surface area contributed by atoms with Crippen molar-refractivity contribution >= 4 is 11.9 Å². The van der Waals surface area contributed by atoms with Crippen LogP contribution < -0.4 is 10.1 Å². The highest BCUT2D eigenvalue weighted by atomic mass is 16.5. The molecule has 0 aromatic carbocycles. The van der Waals surface area contributed by atoms with Crippen LogP contribution in [0.1, 0.15) is 44.1 Å². The van der Waals surface area contributed by atoms with Gasteiger partial charge in [-0.15, -0.1) is 0 Å². The second-order valence-corrected chi connectivity index (χ2v) is 6.67. The molecule has 0 unspecified atom stereocenters. The molecule has 0 spiro atoms. The number of pyridine rings is 1. The number of likely N-dealkylation sites (tertiary alicyclic amines) is 1. The lowest BCUT2D eigenvalue weighted by Crippen LogP contribution is -2.29. The third-order valence-electron chi connectivity index (χ3n) is 4.36. The van der Waals surface area contributed by atoms with E-state index >= 15 is 0 Å². The number of piperidine rings is 1. The molecule has 1 fully saturated rings. The zero-order chi connectivity index (χ0) is 19.3. The number of amides is 1. The smallest absolute Gasteiger partial charge is 0.303 e. The van der Waals surface area contributed by atoms with Gasteiger partial charge in [0.1, 0.15) is 6.61 Å². The van der Waals surface area contributed by atoms with Crippen LogP contribution in [0.5, 0.6) is 5.88 Å². The molecule has 2 N–H and O–H groups in total. The molecule has 0 saturated carbocycles. The Morgan fingerprint density at radius 2 is 2.04 bits per heavy atom. The monoisotopic (exact) mass is 375 g/mol. The standard InChI is InChI=1S/C20H29N3O4/c24-18(7-6-8-20(25)26)21-10-2-5-14-27-19-15-17(9-11-22-19)16-23-12-3-1-4-13-23/h2,5,9,11,15H,1,3-4,6-8,10,12-14,16H2,(H,21,24)(H,25,26)/b5-2-. The van der Waals surface area contributed by atoms with E-state index in [1.165, 1.54) is 24.8 Å². The molecule has 1 amide bonds. The van der Waals surface area contributed by atoms with Gasteiger partial charge in [-0.3, -0.25) is 14.5 Å². The van der Waals surface area contributed by atoms with Crippen LogP contribution in [0.25, 0.3) is 0 Å². The molecule has 27 heavy (non-hydrogen) atoms. The molecule has 1 aromatic rings. The molecular formula is C20H29N3O4. The summed E-state index contributed by atoms with van der Waals surface area (Å²) in [5, 5.41) is 11.2. The second kappa shape index (κ2) is 12.1. The summed E-state index contributed by atoms with van der Waals surface area (Å²) in [6.07, 6.45) is 9.89. The van der Waals surface area contributed by atoms with Crippen molar-refractivity contribution in [2.75, 3.05) is 26.2 Å². The molecule has 0 bridgehead atoms. The van der Waals surface area contributed by atoms with Gasteiger partial charge in [0.25, 0.3) is 0 Å². The van der Waals surface area contributed by atoms with Crippen LogP contribution in [0.2, 0.25) is 0 Å². The molecule has 0 aliphatic carbocycles. The van der Waals surface area contributed by atoms with Crippen LogP contribution >= 0.6 is 0 Å². The van der Waals surface area contributed by atoms with Gasteiger partial charge in [0.15, 0.2) is 0 Å². The fourth-order valence-corrected chi connectivity index (χ4v) is 2.95. The van der Waals surface area contributed by atoms with Gasteiger partial charge in [-0.1, -0.05) is 12.5 Å². The zero-order valence-corrected chi connectivity index (χ0v) is 15.7. The van der Waals surface area contributed by atoms with Crippen LogP contribution in [-0.4, -0.2) is 53.1 Å². The number of carbonyl (C=O) groups is 2. The van der Waals surface area contributed by atoms with Crippen molar-refractivity contribution in [3.63, 3.8) is 0 Å². The van der Waals surface area contributed by atoms with Crippen molar-refractivity contribution < 1.29 is 19.4 Å². The maximum absolute atomic E-state index is 11.5. The van der Waals surface area contributed by atoms with Gasteiger partial charge in [-0.25, -0.2) is 4.98 Å². The Kier molecular flexibility index (Phi) is 9.34. The first-order valence-electron chi connectivity index (χ1n) is 9.57. The minimum atomic E-state index is -0.881. The topological polar surface area (TPSA) is 91.8 Å². The SMILES string of the molecule is O=C(O)CCCC(=O)NC/C=C\COc1cc(CN2CCCCC2)ccn1. The van der Waals surface area contributed by atoms with Crippen LogP contribution in [0.15, 0.2) is 30.5 Å². The summed E-state index contributed by atoms with van der Waals surface area (Å²) < 4.78 is 5.64. The summed E-state index contributed by atoms with van der Waals surface area (Å²) in [5.74, 6) is -0.422. The number of rotatable bonds is 11. The third-order valence-corrected chi connectivity index (χ3v) is 4.36. The van der Waals surface area contributed by atoms with Gasteiger partial charge in [-0.05, 0) is 50.1 Å². The Hall–Kier alpha value is -2.41. The number of carboxylic acids is 1. The maximum atomic E-state index is 11.5. The Labute approximate surface area is 160 Å². The molecule has 1 aliphatic rings. The Morgan fingerprint density at radius 1 is 1.22 bits per heavy atom. The van der Waals surface area contributed by atoms with E-state index < -0.39 is 5.97 Å². The number of nitrogens with one attached hydrogen (secondary N) is 1. The lowest BCUT2D eigenvalue weighted by molar-refractivity contribution is -0.137. The highest BCUT2D eigenvalue weighted by molar-refractivity contribution is 5.76. The number of aliphatic carboxylic acids is 1. The minimum Gasteiger partial charge on any atom is -0.481 e. The fraction of sp³-hybridized carbons (Fsp3) is 0.550. The highest BCUT2D eigenvalue weighted by Crippen LogP contribution is 2.15. The maximum Gasteiger partial charge on any atom is 0.303 e. The summed E-state index contributed by atoms with van der Waals surface area (Å²) in [7, 11) is 0.